The second-order valence-corrected chi connectivity index (χ2v) is 6.44. The molecule has 8 nitrogen and oxygen atoms in total. The maximum absolute atomic E-state index is 12.4. The van der Waals surface area contributed by atoms with E-state index in [1.165, 1.54) is 12.1 Å². The first kappa shape index (κ1) is 23.1. The van der Waals surface area contributed by atoms with Crippen LogP contribution < -0.4 is 14.2 Å². The highest BCUT2D eigenvalue weighted by molar-refractivity contribution is 5.92. The summed E-state index contributed by atoms with van der Waals surface area (Å²) in [7, 11) is 0. The minimum Gasteiger partial charge on any atom is -0.457 e. The van der Waals surface area contributed by atoms with E-state index in [0.29, 0.717) is 22.8 Å². The largest absolute Gasteiger partial charge is 0.457 e. The fraction of sp³-hybridized carbons (Fsp3) is 0.0800. The van der Waals surface area contributed by atoms with Crippen molar-refractivity contribution in [1.29, 1.82) is 0 Å². The Hall–Kier alpha value is -4.59. The van der Waals surface area contributed by atoms with Crippen LogP contribution in [0.25, 0.3) is 10.8 Å². The minimum absolute atomic E-state index is 0.226. The summed E-state index contributed by atoms with van der Waals surface area (Å²) in [6.45, 7) is 6.10. The standard InChI is InChI=1S/C25H20O8/c1-3-23(26)31-15-29-20-9-5-17(6-10-20)25(28)33-22-12-8-18-13-21(11-7-19(18)14-22)30-16-32-24(27)4-2/h3-14H,1-2,15-16H2. The van der Waals surface area contributed by atoms with E-state index in [1.54, 1.807) is 48.5 Å². The topological polar surface area (TPSA) is 97.4 Å². The molecule has 0 radical (unpaired) electrons. The number of carbonyl (C=O) groups is 3. The van der Waals surface area contributed by atoms with Crippen LogP contribution in [0.15, 0.2) is 86.0 Å². The summed E-state index contributed by atoms with van der Waals surface area (Å²) in [5.74, 6) is -0.389. The van der Waals surface area contributed by atoms with Gasteiger partial charge in [0, 0.05) is 12.2 Å². The predicted molar refractivity (Wildman–Crippen MR) is 119 cm³/mol. The van der Waals surface area contributed by atoms with Gasteiger partial charge in [-0.3, -0.25) is 0 Å². The van der Waals surface area contributed by atoms with Crippen LogP contribution in [0.1, 0.15) is 10.4 Å². The molecule has 0 fully saturated rings. The number of hydrogen-bond donors (Lipinski definition) is 0. The monoisotopic (exact) mass is 448 g/mol. The molecule has 33 heavy (non-hydrogen) atoms. The van der Waals surface area contributed by atoms with E-state index in [1.807, 2.05) is 0 Å². The van der Waals surface area contributed by atoms with Gasteiger partial charge in [0.2, 0.25) is 13.6 Å². The highest BCUT2D eigenvalue weighted by atomic mass is 16.7. The number of rotatable bonds is 10. The molecule has 3 aromatic rings. The summed E-state index contributed by atoms with van der Waals surface area (Å²) in [5.41, 5.74) is 0.323. The molecule has 168 valence electrons. The van der Waals surface area contributed by atoms with Crippen molar-refractivity contribution in [2.45, 2.75) is 0 Å². The van der Waals surface area contributed by atoms with Crippen LogP contribution in [-0.4, -0.2) is 31.5 Å². The van der Waals surface area contributed by atoms with Gasteiger partial charge in [-0.2, -0.15) is 0 Å². The molecule has 0 aliphatic heterocycles. The third-order valence-electron chi connectivity index (χ3n) is 4.27. The quantitative estimate of drug-likeness (QED) is 0.197. The van der Waals surface area contributed by atoms with Crippen LogP contribution >= 0.6 is 0 Å². The van der Waals surface area contributed by atoms with Crippen LogP contribution in [0.4, 0.5) is 0 Å². The Morgan fingerprint density at radius 1 is 0.667 bits per heavy atom. The van der Waals surface area contributed by atoms with Gasteiger partial charge in [0.1, 0.15) is 17.2 Å². The Morgan fingerprint density at radius 2 is 1.15 bits per heavy atom. The molecule has 0 aliphatic rings. The number of esters is 3. The first-order chi connectivity index (χ1) is 16.0. The molecule has 0 N–H and O–H groups in total. The normalized spacial score (nSPS) is 10.1. The van der Waals surface area contributed by atoms with E-state index in [9.17, 15) is 14.4 Å². The van der Waals surface area contributed by atoms with Gasteiger partial charge >= 0.3 is 17.9 Å². The van der Waals surface area contributed by atoms with Gasteiger partial charge in [0.05, 0.1) is 5.56 Å². The fourth-order valence-corrected chi connectivity index (χ4v) is 2.64. The minimum atomic E-state index is -0.594. The van der Waals surface area contributed by atoms with Crippen LogP contribution in [0.3, 0.4) is 0 Å². The molecular weight excluding hydrogens is 428 g/mol. The van der Waals surface area contributed by atoms with Gasteiger partial charge in [-0.05, 0) is 59.3 Å². The molecule has 0 aliphatic carbocycles. The Kier molecular flexibility index (Phi) is 7.80. The zero-order valence-corrected chi connectivity index (χ0v) is 17.5. The molecule has 0 amide bonds. The second-order valence-electron chi connectivity index (χ2n) is 6.44. The molecule has 0 saturated heterocycles. The summed E-state index contributed by atoms with van der Waals surface area (Å²) < 4.78 is 25.6. The van der Waals surface area contributed by atoms with Crippen molar-refractivity contribution >= 4 is 28.7 Å². The van der Waals surface area contributed by atoms with E-state index < -0.39 is 17.9 Å². The summed E-state index contributed by atoms with van der Waals surface area (Å²) in [5, 5.41) is 1.68. The number of benzene rings is 3. The molecule has 8 heteroatoms. The first-order valence-corrected chi connectivity index (χ1v) is 9.68. The molecule has 0 heterocycles. The molecule has 0 unspecified atom stereocenters. The van der Waals surface area contributed by atoms with E-state index in [4.69, 9.17) is 23.7 Å². The van der Waals surface area contributed by atoms with Crippen LogP contribution in [-0.2, 0) is 19.1 Å². The Labute approximate surface area is 189 Å². The van der Waals surface area contributed by atoms with Crippen molar-refractivity contribution in [1.82, 2.24) is 0 Å². The summed E-state index contributed by atoms with van der Waals surface area (Å²) in [4.78, 5) is 34.5. The van der Waals surface area contributed by atoms with Crippen molar-refractivity contribution in [2.75, 3.05) is 13.6 Å². The van der Waals surface area contributed by atoms with Crippen molar-refractivity contribution in [3.63, 3.8) is 0 Å². The molecule has 3 rings (SSSR count). The van der Waals surface area contributed by atoms with Gasteiger partial charge in [0.25, 0.3) is 0 Å². The predicted octanol–water partition coefficient (Wildman–Crippen LogP) is 4.19. The van der Waals surface area contributed by atoms with Crippen molar-refractivity contribution in [3.8, 4) is 17.2 Å². The smallest absolute Gasteiger partial charge is 0.343 e. The molecule has 0 aromatic heterocycles. The maximum Gasteiger partial charge on any atom is 0.343 e. The highest BCUT2D eigenvalue weighted by Gasteiger charge is 2.10. The van der Waals surface area contributed by atoms with Crippen LogP contribution in [0.5, 0.6) is 17.2 Å². The van der Waals surface area contributed by atoms with Crippen LogP contribution in [0, 0.1) is 0 Å². The third kappa shape index (κ3) is 6.70. The molecule has 3 aromatic carbocycles. The Bertz CT molecular complexity index is 1180. The average molecular weight is 448 g/mol. The number of fused-ring (bicyclic) bond motifs is 1. The highest BCUT2D eigenvalue weighted by Crippen LogP contribution is 2.26. The zero-order valence-electron chi connectivity index (χ0n) is 17.5. The lowest BCUT2D eigenvalue weighted by atomic mass is 10.1. The molecule has 0 spiro atoms. The van der Waals surface area contributed by atoms with E-state index in [-0.39, 0.29) is 13.6 Å². The van der Waals surface area contributed by atoms with E-state index >= 15 is 0 Å². The lowest BCUT2D eigenvalue weighted by molar-refractivity contribution is -0.145. The SMILES string of the molecule is C=CC(=O)OCOc1ccc(C(=O)Oc2ccc3cc(OCOC(=O)C=C)ccc3c2)cc1. The maximum atomic E-state index is 12.4. The first-order valence-electron chi connectivity index (χ1n) is 9.68. The Morgan fingerprint density at radius 3 is 1.73 bits per heavy atom. The van der Waals surface area contributed by atoms with Gasteiger partial charge < -0.3 is 23.7 Å². The van der Waals surface area contributed by atoms with Crippen LogP contribution in [0.2, 0.25) is 0 Å². The molecule has 0 saturated carbocycles. The van der Waals surface area contributed by atoms with Crippen molar-refractivity contribution in [3.05, 3.63) is 91.5 Å². The lowest BCUT2D eigenvalue weighted by Gasteiger charge is -2.09. The number of carbonyl (C=O) groups excluding carboxylic acids is 3. The summed E-state index contributed by atoms with van der Waals surface area (Å²) >= 11 is 0. The molecule has 0 bridgehead atoms. The summed E-state index contributed by atoms with van der Waals surface area (Å²) in [6.07, 6.45) is 2.09. The van der Waals surface area contributed by atoms with Gasteiger partial charge in [-0.25, -0.2) is 14.4 Å². The molecular formula is C25H20O8. The fourth-order valence-electron chi connectivity index (χ4n) is 2.64. The van der Waals surface area contributed by atoms with Gasteiger partial charge in [0.15, 0.2) is 0 Å². The number of hydrogen-bond acceptors (Lipinski definition) is 8. The third-order valence-corrected chi connectivity index (χ3v) is 4.27. The van der Waals surface area contributed by atoms with E-state index in [2.05, 4.69) is 13.2 Å². The van der Waals surface area contributed by atoms with Gasteiger partial charge in [-0.15, -0.1) is 0 Å². The van der Waals surface area contributed by atoms with E-state index in [0.717, 1.165) is 22.9 Å². The van der Waals surface area contributed by atoms with Gasteiger partial charge in [-0.1, -0.05) is 25.3 Å². The summed E-state index contributed by atoms with van der Waals surface area (Å²) in [6, 6.07) is 16.6. The van der Waals surface area contributed by atoms with Crippen molar-refractivity contribution < 1.29 is 38.1 Å². The zero-order chi connectivity index (χ0) is 23.6. The lowest BCUT2D eigenvalue weighted by Crippen LogP contribution is -2.09. The molecule has 0 atom stereocenters. The van der Waals surface area contributed by atoms with Crippen molar-refractivity contribution in [2.24, 2.45) is 0 Å². The average Bonchev–Trinajstić information content (AvgIpc) is 2.84. The second kappa shape index (κ2) is 11.1. The Balaban J connectivity index is 1.58. The number of ether oxygens (including phenoxy) is 5.